The van der Waals surface area contributed by atoms with Crippen molar-refractivity contribution in [2.75, 3.05) is 12.4 Å². The van der Waals surface area contributed by atoms with Crippen LogP contribution in [0.15, 0.2) is 30.6 Å². The van der Waals surface area contributed by atoms with Crippen molar-refractivity contribution in [2.45, 2.75) is 6.54 Å². The summed E-state index contributed by atoms with van der Waals surface area (Å²) in [6, 6.07) is 4.19. The van der Waals surface area contributed by atoms with Gasteiger partial charge in [-0.05, 0) is 12.1 Å². The molecule has 1 amide bonds. The number of nitro benzene ring substituents is 1. The van der Waals surface area contributed by atoms with Crippen LogP contribution in [-0.4, -0.2) is 27.4 Å². The zero-order chi connectivity index (χ0) is 15.4. The van der Waals surface area contributed by atoms with Crippen LogP contribution in [0.1, 0.15) is 16.2 Å². The Balaban J connectivity index is 2.28. The third kappa shape index (κ3) is 3.16. The average Bonchev–Trinajstić information content (AvgIpc) is 2.89. The number of aromatic nitrogens is 2. The van der Waals surface area contributed by atoms with E-state index in [0.717, 1.165) is 5.82 Å². The lowest BCUT2D eigenvalue weighted by Gasteiger charge is -2.09. The molecule has 2 rings (SSSR count). The van der Waals surface area contributed by atoms with Gasteiger partial charge in [0.2, 0.25) is 0 Å². The van der Waals surface area contributed by atoms with Crippen LogP contribution in [0.3, 0.4) is 0 Å². The lowest BCUT2D eigenvalue weighted by molar-refractivity contribution is -0.384. The monoisotopic (exact) mass is 289 g/mol. The molecule has 21 heavy (non-hydrogen) atoms. The maximum absolute atomic E-state index is 11.6. The summed E-state index contributed by atoms with van der Waals surface area (Å²) in [4.78, 5) is 26.3. The molecule has 1 aromatic heterocycles. The largest absolute Gasteiger partial charge is 0.372 e. The van der Waals surface area contributed by atoms with Gasteiger partial charge in [0.1, 0.15) is 11.5 Å². The number of anilines is 1. The Morgan fingerprint density at radius 3 is 2.81 bits per heavy atom. The molecule has 0 bridgehead atoms. The second kappa shape index (κ2) is 6.04. The predicted octanol–water partition coefficient (Wildman–Crippen LogP) is 1.30. The Hall–Kier alpha value is -2.90. The van der Waals surface area contributed by atoms with Gasteiger partial charge >= 0.3 is 0 Å². The van der Waals surface area contributed by atoms with E-state index in [9.17, 15) is 14.9 Å². The molecule has 1 heterocycles. The fraction of sp³-hybridized carbons (Fsp3) is 0.231. The Morgan fingerprint density at radius 2 is 2.24 bits per heavy atom. The van der Waals surface area contributed by atoms with Gasteiger partial charge in [-0.15, -0.1) is 0 Å². The highest BCUT2D eigenvalue weighted by Crippen LogP contribution is 2.26. The Labute approximate surface area is 121 Å². The first kappa shape index (κ1) is 14.5. The molecule has 0 saturated heterocycles. The van der Waals surface area contributed by atoms with E-state index in [-0.39, 0.29) is 17.3 Å². The molecule has 0 unspecified atom stereocenters. The number of amides is 1. The molecule has 0 aliphatic heterocycles. The number of imidazole rings is 1. The average molecular weight is 289 g/mol. The summed E-state index contributed by atoms with van der Waals surface area (Å²) < 4.78 is 1.81. The summed E-state index contributed by atoms with van der Waals surface area (Å²) in [5, 5.41) is 16.5. The quantitative estimate of drug-likeness (QED) is 0.638. The van der Waals surface area contributed by atoms with E-state index >= 15 is 0 Å². The van der Waals surface area contributed by atoms with Crippen LogP contribution in [0.2, 0.25) is 0 Å². The molecule has 0 fully saturated rings. The number of nitrogens with one attached hydrogen (secondary N) is 2. The number of aryl methyl sites for hydroxylation is 1. The molecule has 0 radical (unpaired) electrons. The number of carbonyl (C=O) groups excluding carboxylic acids is 1. The molecule has 0 saturated carbocycles. The number of nitro groups is 1. The highest BCUT2D eigenvalue weighted by Gasteiger charge is 2.16. The summed E-state index contributed by atoms with van der Waals surface area (Å²) >= 11 is 0. The highest BCUT2D eigenvalue weighted by atomic mass is 16.6. The molecule has 0 aliphatic rings. The smallest absolute Gasteiger partial charge is 0.292 e. The fourth-order valence-corrected chi connectivity index (χ4v) is 1.86. The standard InChI is InChI=1S/C13H15N5O3/c1-14-13(19)9-3-4-11(18(20)21)10(7-9)16-8-12-15-5-6-17(12)2/h3-7,16H,8H2,1-2H3,(H,14,19). The topological polar surface area (TPSA) is 102 Å². The summed E-state index contributed by atoms with van der Waals surface area (Å²) in [6.45, 7) is 0.321. The molecule has 2 N–H and O–H groups in total. The first-order valence-corrected chi connectivity index (χ1v) is 6.23. The minimum absolute atomic E-state index is 0.0862. The lowest BCUT2D eigenvalue weighted by Crippen LogP contribution is -2.18. The van der Waals surface area contributed by atoms with E-state index in [1.54, 1.807) is 17.0 Å². The molecule has 8 nitrogen and oxygen atoms in total. The van der Waals surface area contributed by atoms with Crippen molar-refractivity contribution in [2.24, 2.45) is 7.05 Å². The third-order valence-corrected chi connectivity index (χ3v) is 3.04. The molecule has 1 aromatic carbocycles. The lowest BCUT2D eigenvalue weighted by atomic mass is 10.1. The third-order valence-electron chi connectivity index (χ3n) is 3.04. The number of benzene rings is 1. The van der Waals surface area contributed by atoms with Crippen LogP contribution in [0, 0.1) is 10.1 Å². The molecule has 0 atom stereocenters. The van der Waals surface area contributed by atoms with Crippen LogP contribution in [0.4, 0.5) is 11.4 Å². The Kier molecular flexibility index (Phi) is 4.17. The SMILES string of the molecule is CNC(=O)c1ccc([N+](=O)[O-])c(NCc2nccn2C)c1. The highest BCUT2D eigenvalue weighted by molar-refractivity contribution is 5.95. The van der Waals surface area contributed by atoms with Crippen LogP contribution in [0.5, 0.6) is 0 Å². The maximum atomic E-state index is 11.6. The minimum atomic E-state index is -0.492. The molecule has 8 heteroatoms. The molecule has 2 aromatic rings. The minimum Gasteiger partial charge on any atom is -0.372 e. The van der Waals surface area contributed by atoms with E-state index in [1.165, 1.54) is 25.2 Å². The van der Waals surface area contributed by atoms with Gasteiger partial charge in [-0.3, -0.25) is 14.9 Å². The van der Waals surface area contributed by atoms with Crippen LogP contribution < -0.4 is 10.6 Å². The summed E-state index contributed by atoms with van der Waals surface area (Å²) in [6.07, 6.45) is 3.43. The van der Waals surface area contributed by atoms with E-state index in [0.29, 0.717) is 12.1 Å². The van der Waals surface area contributed by atoms with E-state index < -0.39 is 4.92 Å². The first-order valence-electron chi connectivity index (χ1n) is 6.23. The molecule has 0 aliphatic carbocycles. The Morgan fingerprint density at radius 1 is 1.48 bits per heavy atom. The van der Waals surface area contributed by atoms with E-state index in [1.807, 2.05) is 7.05 Å². The summed E-state index contributed by atoms with van der Waals surface area (Å²) in [7, 11) is 3.34. The van der Waals surface area contributed by atoms with Gasteiger partial charge < -0.3 is 15.2 Å². The van der Waals surface area contributed by atoms with Crippen molar-refractivity contribution in [3.8, 4) is 0 Å². The molecule has 0 spiro atoms. The van der Waals surface area contributed by atoms with Gasteiger partial charge in [0.15, 0.2) is 0 Å². The number of rotatable bonds is 5. The van der Waals surface area contributed by atoms with Gasteiger partial charge in [0, 0.05) is 38.1 Å². The Bertz CT molecular complexity index is 680. The van der Waals surface area contributed by atoms with Crippen LogP contribution >= 0.6 is 0 Å². The number of nitrogens with zero attached hydrogens (tertiary/aromatic N) is 3. The second-order valence-electron chi connectivity index (χ2n) is 4.38. The summed E-state index contributed by atoms with van der Waals surface area (Å²) in [5.74, 6) is 0.430. The zero-order valence-corrected chi connectivity index (χ0v) is 11.7. The van der Waals surface area contributed by atoms with Crippen molar-refractivity contribution >= 4 is 17.3 Å². The van der Waals surface area contributed by atoms with Crippen molar-refractivity contribution in [3.05, 3.63) is 52.1 Å². The number of hydrogen-bond acceptors (Lipinski definition) is 5. The zero-order valence-electron chi connectivity index (χ0n) is 11.7. The molecular weight excluding hydrogens is 274 g/mol. The maximum Gasteiger partial charge on any atom is 0.292 e. The number of hydrogen-bond donors (Lipinski definition) is 2. The van der Waals surface area contributed by atoms with Gasteiger partial charge in [0.05, 0.1) is 11.5 Å². The van der Waals surface area contributed by atoms with Crippen molar-refractivity contribution < 1.29 is 9.72 Å². The van der Waals surface area contributed by atoms with Crippen LogP contribution in [-0.2, 0) is 13.6 Å². The van der Waals surface area contributed by atoms with Gasteiger partial charge in [0.25, 0.3) is 11.6 Å². The van der Waals surface area contributed by atoms with E-state index in [2.05, 4.69) is 15.6 Å². The van der Waals surface area contributed by atoms with E-state index in [4.69, 9.17) is 0 Å². The molecular formula is C13H15N5O3. The fourth-order valence-electron chi connectivity index (χ4n) is 1.86. The predicted molar refractivity (Wildman–Crippen MR) is 77.0 cm³/mol. The summed E-state index contributed by atoms with van der Waals surface area (Å²) in [5.41, 5.74) is 0.548. The first-order chi connectivity index (χ1) is 10.0. The van der Waals surface area contributed by atoms with Crippen molar-refractivity contribution in [1.29, 1.82) is 0 Å². The van der Waals surface area contributed by atoms with Gasteiger partial charge in [-0.1, -0.05) is 0 Å². The second-order valence-corrected chi connectivity index (χ2v) is 4.38. The molecule has 110 valence electrons. The van der Waals surface area contributed by atoms with Crippen LogP contribution in [0.25, 0.3) is 0 Å². The normalized spacial score (nSPS) is 10.2. The number of carbonyl (C=O) groups is 1. The van der Waals surface area contributed by atoms with Gasteiger partial charge in [-0.25, -0.2) is 4.98 Å². The van der Waals surface area contributed by atoms with Gasteiger partial charge in [-0.2, -0.15) is 0 Å². The van der Waals surface area contributed by atoms with Crippen molar-refractivity contribution in [1.82, 2.24) is 14.9 Å². The van der Waals surface area contributed by atoms with Crippen molar-refractivity contribution in [3.63, 3.8) is 0 Å².